The highest BCUT2D eigenvalue weighted by Gasteiger charge is 2.16. The van der Waals surface area contributed by atoms with Crippen molar-refractivity contribution in [3.05, 3.63) is 35.9 Å². The SMILES string of the molecule is Cc1cc2ccccc2nc1NCC(O)CC(C)(C)C. The Labute approximate surface area is 121 Å². The fourth-order valence-electron chi connectivity index (χ4n) is 2.39. The summed E-state index contributed by atoms with van der Waals surface area (Å²) in [4.78, 5) is 4.62. The quantitative estimate of drug-likeness (QED) is 0.891. The predicted octanol–water partition coefficient (Wildman–Crippen LogP) is 3.75. The van der Waals surface area contributed by atoms with Gasteiger partial charge in [0.05, 0.1) is 11.6 Å². The second-order valence-electron chi connectivity index (χ2n) is 6.65. The minimum Gasteiger partial charge on any atom is -0.391 e. The van der Waals surface area contributed by atoms with E-state index in [1.807, 2.05) is 25.1 Å². The van der Waals surface area contributed by atoms with Crippen molar-refractivity contribution in [2.24, 2.45) is 5.41 Å². The summed E-state index contributed by atoms with van der Waals surface area (Å²) in [5, 5.41) is 14.5. The summed E-state index contributed by atoms with van der Waals surface area (Å²) >= 11 is 0. The number of pyridine rings is 1. The van der Waals surface area contributed by atoms with E-state index >= 15 is 0 Å². The van der Waals surface area contributed by atoms with Gasteiger partial charge < -0.3 is 10.4 Å². The van der Waals surface area contributed by atoms with Crippen molar-refractivity contribution in [3.8, 4) is 0 Å². The standard InChI is InChI=1S/C17H24N2O/c1-12-9-13-7-5-6-8-15(13)19-16(12)18-11-14(20)10-17(2,3)4/h5-9,14,20H,10-11H2,1-4H3,(H,18,19). The van der Waals surface area contributed by atoms with Crippen LogP contribution < -0.4 is 5.32 Å². The lowest BCUT2D eigenvalue weighted by molar-refractivity contribution is 0.132. The monoisotopic (exact) mass is 272 g/mol. The molecular weight excluding hydrogens is 248 g/mol. The summed E-state index contributed by atoms with van der Waals surface area (Å²) in [6, 6.07) is 10.2. The van der Waals surface area contributed by atoms with Crippen LogP contribution in [0, 0.1) is 12.3 Å². The summed E-state index contributed by atoms with van der Waals surface area (Å²) in [7, 11) is 0. The van der Waals surface area contributed by atoms with Crippen LogP contribution in [0.2, 0.25) is 0 Å². The molecule has 0 aliphatic heterocycles. The van der Waals surface area contributed by atoms with E-state index in [9.17, 15) is 5.11 Å². The zero-order valence-electron chi connectivity index (χ0n) is 12.8. The van der Waals surface area contributed by atoms with E-state index < -0.39 is 0 Å². The molecule has 1 aromatic carbocycles. The van der Waals surface area contributed by atoms with Crippen molar-refractivity contribution in [3.63, 3.8) is 0 Å². The number of hydrogen-bond acceptors (Lipinski definition) is 3. The number of para-hydroxylation sites is 1. The number of nitrogens with zero attached hydrogens (tertiary/aromatic N) is 1. The summed E-state index contributed by atoms with van der Waals surface area (Å²) < 4.78 is 0. The molecule has 0 aliphatic carbocycles. The summed E-state index contributed by atoms with van der Waals surface area (Å²) in [6.07, 6.45) is 0.412. The number of benzene rings is 1. The molecule has 1 aromatic heterocycles. The van der Waals surface area contributed by atoms with Crippen molar-refractivity contribution in [2.45, 2.75) is 40.2 Å². The molecule has 0 aliphatic rings. The van der Waals surface area contributed by atoms with E-state index in [0.29, 0.717) is 6.54 Å². The van der Waals surface area contributed by atoms with Crippen molar-refractivity contribution in [2.75, 3.05) is 11.9 Å². The first-order valence-corrected chi connectivity index (χ1v) is 7.13. The van der Waals surface area contributed by atoms with Gasteiger partial charge in [0.2, 0.25) is 0 Å². The van der Waals surface area contributed by atoms with Crippen LogP contribution in [0.3, 0.4) is 0 Å². The zero-order chi connectivity index (χ0) is 14.8. The molecule has 3 heteroatoms. The number of fused-ring (bicyclic) bond motifs is 1. The predicted molar refractivity (Wildman–Crippen MR) is 85.0 cm³/mol. The van der Waals surface area contributed by atoms with Crippen molar-refractivity contribution in [1.29, 1.82) is 0 Å². The zero-order valence-corrected chi connectivity index (χ0v) is 12.8. The third-order valence-corrected chi connectivity index (χ3v) is 3.27. The maximum absolute atomic E-state index is 10.1. The average Bonchev–Trinajstić information content (AvgIpc) is 2.34. The van der Waals surface area contributed by atoms with Crippen LogP contribution in [0.25, 0.3) is 10.9 Å². The van der Waals surface area contributed by atoms with E-state index in [0.717, 1.165) is 28.7 Å². The Balaban J connectivity index is 2.08. The topological polar surface area (TPSA) is 45.2 Å². The Bertz CT molecular complexity index is 587. The van der Waals surface area contributed by atoms with Crippen LogP contribution in [0.1, 0.15) is 32.8 Å². The fraction of sp³-hybridized carbons (Fsp3) is 0.471. The number of aliphatic hydroxyl groups excluding tert-OH is 1. The lowest BCUT2D eigenvalue weighted by atomic mass is 9.89. The molecule has 1 atom stereocenters. The number of nitrogens with one attached hydrogen (secondary N) is 1. The second-order valence-corrected chi connectivity index (χ2v) is 6.65. The molecule has 0 amide bonds. The third kappa shape index (κ3) is 3.94. The molecule has 0 radical (unpaired) electrons. The van der Waals surface area contributed by atoms with Gasteiger partial charge in [0, 0.05) is 11.9 Å². The fourth-order valence-corrected chi connectivity index (χ4v) is 2.39. The van der Waals surface area contributed by atoms with Gasteiger partial charge in [0.15, 0.2) is 0 Å². The van der Waals surface area contributed by atoms with Gasteiger partial charge in [-0.2, -0.15) is 0 Å². The van der Waals surface area contributed by atoms with Crippen molar-refractivity contribution >= 4 is 16.7 Å². The van der Waals surface area contributed by atoms with Crippen molar-refractivity contribution < 1.29 is 5.11 Å². The Kier molecular flexibility index (Phi) is 4.29. The van der Waals surface area contributed by atoms with E-state index in [-0.39, 0.29) is 11.5 Å². The van der Waals surface area contributed by atoms with Gasteiger partial charge in [-0.15, -0.1) is 0 Å². The summed E-state index contributed by atoms with van der Waals surface area (Å²) in [5.74, 6) is 0.858. The lowest BCUT2D eigenvalue weighted by Gasteiger charge is -2.23. The van der Waals surface area contributed by atoms with Gasteiger partial charge in [0.25, 0.3) is 0 Å². The average molecular weight is 272 g/mol. The highest BCUT2D eigenvalue weighted by Crippen LogP contribution is 2.22. The van der Waals surface area contributed by atoms with Crippen LogP contribution in [-0.2, 0) is 0 Å². The Morgan fingerprint density at radius 3 is 2.65 bits per heavy atom. The Morgan fingerprint density at radius 2 is 1.95 bits per heavy atom. The largest absolute Gasteiger partial charge is 0.391 e. The highest BCUT2D eigenvalue weighted by atomic mass is 16.3. The molecule has 0 fully saturated rings. The number of anilines is 1. The molecule has 2 aromatic rings. The smallest absolute Gasteiger partial charge is 0.129 e. The van der Waals surface area contributed by atoms with E-state index in [1.165, 1.54) is 0 Å². The van der Waals surface area contributed by atoms with Gasteiger partial charge >= 0.3 is 0 Å². The number of aromatic nitrogens is 1. The molecule has 2 N–H and O–H groups in total. The number of aryl methyl sites for hydroxylation is 1. The normalized spacial score (nSPS) is 13.4. The first-order valence-electron chi connectivity index (χ1n) is 7.13. The number of aliphatic hydroxyl groups is 1. The van der Waals surface area contributed by atoms with Crippen molar-refractivity contribution in [1.82, 2.24) is 4.98 Å². The van der Waals surface area contributed by atoms with E-state index in [2.05, 4.69) is 43.2 Å². The van der Waals surface area contributed by atoms with Gasteiger partial charge in [-0.25, -0.2) is 4.98 Å². The van der Waals surface area contributed by atoms with Crippen LogP contribution in [-0.4, -0.2) is 22.7 Å². The molecule has 0 saturated carbocycles. The van der Waals surface area contributed by atoms with Gasteiger partial charge in [-0.05, 0) is 36.5 Å². The molecule has 1 heterocycles. The van der Waals surface area contributed by atoms with E-state index in [1.54, 1.807) is 0 Å². The maximum Gasteiger partial charge on any atom is 0.129 e. The highest BCUT2D eigenvalue weighted by molar-refractivity contribution is 5.81. The summed E-state index contributed by atoms with van der Waals surface area (Å²) in [6.45, 7) is 8.97. The first kappa shape index (κ1) is 14.8. The summed E-state index contributed by atoms with van der Waals surface area (Å²) in [5.41, 5.74) is 2.21. The molecule has 0 bridgehead atoms. The first-order chi connectivity index (χ1) is 9.35. The molecular formula is C17H24N2O. The van der Waals surface area contributed by atoms with Gasteiger partial charge in [-0.3, -0.25) is 0 Å². The minimum atomic E-state index is -0.359. The molecule has 108 valence electrons. The lowest BCUT2D eigenvalue weighted by Crippen LogP contribution is -2.25. The molecule has 1 unspecified atom stereocenters. The molecule has 3 nitrogen and oxygen atoms in total. The van der Waals surface area contributed by atoms with Gasteiger partial charge in [-0.1, -0.05) is 39.0 Å². The Hall–Kier alpha value is -1.61. The van der Waals surface area contributed by atoms with Gasteiger partial charge in [0.1, 0.15) is 5.82 Å². The molecule has 20 heavy (non-hydrogen) atoms. The molecule has 0 spiro atoms. The maximum atomic E-state index is 10.1. The van der Waals surface area contributed by atoms with Crippen LogP contribution in [0.15, 0.2) is 30.3 Å². The molecule has 0 saturated heterocycles. The number of rotatable bonds is 4. The van der Waals surface area contributed by atoms with Crippen LogP contribution in [0.5, 0.6) is 0 Å². The van der Waals surface area contributed by atoms with Crippen LogP contribution in [0.4, 0.5) is 5.82 Å². The molecule has 2 rings (SSSR count). The minimum absolute atomic E-state index is 0.132. The van der Waals surface area contributed by atoms with Crippen LogP contribution >= 0.6 is 0 Å². The Morgan fingerprint density at radius 1 is 1.25 bits per heavy atom. The van der Waals surface area contributed by atoms with E-state index in [4.69, 9.17) is 0 Å². The third-order valence-electron chi connectivity index (χ3n) is 3.27. The second kappa shape index (κ2) is 5.80. The number of hydrogen-bond donors (Lipinski definition) is 2.